The average molecular weight is 975 g/mol. The smallest absolute Gasteiger partial charge is 0.338 e. The van der Waals surface area contributed by atoms with Gasteiger partial charge in [0, 0.05) is 0 Å². The molecule has 380 valence electrons. The molecule has 9 nitrogen and oxygen atoms in total. The van der Waals surface area contributed by atoms with Gasteiger partial charge in [0.05, 0.1) is 28.7 Å². The van der Waals surface area contributed by atoms with Crippen LogP contribution in [0.4, 0.5) is 0 Å². The van der Waals surface area contributed by atoms with E-state index in [0.29, 0.717) is 29.2 Å². The van der Waals surface area contributed by atoms with Gasteiger partial charge in [-0.1, -0.05) is 145 Å². The summed E-state index contributed by atoms with van der Waals surface area (Å²) >= 11 is 0. The van der Waals surface area contributed by atoms with E-state index in [4.69, 9.17) is 23.7 Å². The molecule has 72 heavy (non-hydrogen) atoms. The van der Waals surface area contributed by atoms with Crippen molar-refractivity contribution in [2.45, 2.75) is 144 Å². The second-order valence-electron chi connectivity index (χ2n) is 24.5. The summed E-state index contributed by atoms with van der Waals surface area (Å²) in [6.07, 6.45) is 8.00. The minimum absolute atomic E-state index is 0.00534. The Labute approximate surface area is 426 Å². The summed E-state index contributed by atoms with van der Waals surface area (Å²) in [5, 5.41) is 0. The van der Waals surface area contributed by atoms with E-state index in [1.165, 1.54) is 5.57 Å². The molecule has 0 amide bonds. The first-order valence-electron chi connectivity index (χ1n) is 26.7. The Morgan fingerprint density at radius 2 is 1.12 bits per heavy atom. The predicted octanol–water partition coefficient (Wildman–Crippen LogP) is 13.2. The number of hydrogen-bond acceptors (Lipinski definition) is 9. The second-order valence-corrected chi connectivity index (χ2v) is 24.5. The molecule has 4 saturated carbocycles. The van der Waals surface area contributed by atoms with Gasteiger partial charge >= 0.3 is 23.9 Å². The van der Waals surface area contributed by atoms with Crippen LogP contribution in [0, 0.1) is 56.2 Å². The van der Waals surface area contributed by atoms with E-state index in [0.717, 1.165) is 69.8 Å². The number of hydrogen-bond donors (Lipinski definition) is 0. The fourth-order valence-electron chi connectivity index (χ4n) is 15.9. The van der Waals surface area contributed by atoms with Crippen LogP contribution in [0.15, 0.2) is 133 Å². The van der Waals surface area contributed by atoms with Crippen molar-refractivity contribution in [3.63, 3.8) is 0 Å². The number of esters is 4. The van der Waals surface area contributed by atoms with Crippen LogP contribution in [-0.2, 0) is 35.1 Å². The summed E-state index contributed by atoms with van der Waals surface area (Å²) in [7, 11) is 0. The lowest BCUT2D eigenvalue weighted by molar-refractivity contribution is -0.244. The van der Waals surface area contributed by atoms with Crippen molar-refractivity contribution in [2.24, 2.45) is 56.2 Å². The van der Waals surface area contributed by atoms with Gasteiger partial charge < -0.3 is 23.7 Å². The normalized spacial score (nSPS) is 35.3. The molecule has 0 aromatic heterocycles. The Bertz CT molecular complexity index is 2660. The molecule has 0 spiro atoms. The minimum atomic E-state index is -1.17. The molecule has 5 fully saturated rings. The lowest BCUT2D eigenvalue weighted by Gasteiger charge is -2.71. The molecule has 1 unspecified atom stereocenters. The molecule has 10 rings (SSSR count). The molecule has 1 saturated heterocycles. The van der Waals surface area contributed by atoms with Crippen molar-refractivity contribution in [1.82, 2.24) is 0 Å². The number of allylic oxidation sites excluding steroid dienone is 2. The van der Waals surface area contributed by atoms with Gasteiger partial charge in [-0.15, -0.1) is 0 Å². The standard InChI is InChI=1S/C63H74O9/c1-58(2)34-36-63(57(67)69-39-41-20-12-8-13-21-41)37-35-61(6)45(47(63)38-58)28-29-50-60(5)32-30-46(59(3,4)49(60)31-33-62(50,61)7)51-53(72-56(66)44-26-18-11-19-27-44)52(71-55(65)43-24-16-10-17-25-43)48(40-68-51)70-54(64)42-22-14-9-15-23-42/h8-28,46-53H,29-40H2,1-7H3/t46?,47-,48+,49-,50+,51-,52-,53-,60-,61+,62+,63-/m0/s1. The van der Waals surface area contributed by atoms with Gasteiger partial charge in [0.25, 0.3) is 0 Å². The van der Waals surface area contributed by atoms with E-state index in [1.807, 2.05) is 48.5 Å². The lowest BCUT2D eigenvalue weighted by Crippen LogP contribution is -2.67. The van der Waals surface area contributed by atoms with Crippen LogP contribution in [0.2, 0.25) is 0 Å². The summed E-state index contributed by atoms with van der Waals surface area (Å²) in [6, 6.07) is 36.3. The molecule has 12 atom stereocenters. The maximum absolute atomic E-state index is 14.6. The number of carbonyl (C=O) groups excluding carboxylic acids is 4. The van der Waals surface area contributed by atoms with Gasteiger partial charge in [-0.2, -0.15) is 0 Å². The average Bonchev–Trinajstić information content (AvgIpc) is 3.37. The highest BCUT2D eigenvalue weighted by Gasteiger charge is 2.70. The molecule has 5 aliphatic carbocycles. The number of rotatable bonds is 10. The molecular formula is C63H74O9. The van der Waals surface area contributed by atoms with E-state index in [9.17, 15) is 19.2 Å². The van der Waals surface area contributed by atoms with Gasteiger partial charge in [0.2, 0.25) is 0 Å². The van der Waals surface area contributed by atoms with E-state index < -0.39 is 47.7 Å². The Hall–Kier alpha value is -5.54. The Morgan fingerprint density at radius 1 is 0.583 bits per heavy atom. The molecule has 0 bridgehead atoms. The number of fused-ring (bicyclic) bond motifs is 7. The highest BCUT2D eigenvalue weighted by atomic mass is 16.6. The van der Waals surface area contributed by atoms with Gasteiger partial charge in [0.1, 0.15) is 12.7 Å². The van der Waals surface area contributed by atoms with Gasteiger partial charge in [-0.25, -0.2) is 14.4 Å². The van der Waals surface area contributed by atoms with Crippen molar-refractivity contribution in [1.29, 1.82) is 0 Å². The first-order valence-corrected chi connectivity index (χ1v) is 26.7. The zero-order chi connectivity index (χ0) is 50.7. The Morgan fingerprint density at radius 3 is 1.72 bits per heavy atom. The molecule has 0 radical (unpaired) electrons. The molecule has 0 N–H and O–H groups in total. The van der Waals surface area contributed by atoms with E-state index >= 15 is 0 Å². The fraction of sp³-hybridized carbons (Fsp3) is 0.524. The van der Waals surface area contributed by atoms with Gasteiger partial charge in [-0.05, 0) is 157 Å². The van der Waals surface area contributed by atoms with E-state index in [-0.39, 0.29) is 57.4 Å². The van der Waals surface area contributed by atoms with Crippen LogP contribution in [0.5, 0.6) is 0 Å². The van der Waals surface area contributed by atoms with Gasteiger partial charge in [0.15, 0.2) is 18.3 Å². The summed E-state index contributed by atoms with van der Waals surface area (Å²) in [6.45, 7) is 17.5. The van der Waals surface area contributed by atoms with Crippen molar-refractivity contribution < 1.29 is 42.9 Å². The SMILES string of the molecule is CC1(C)CC[C@]2(C(=O)OCc3ccccc3)CC[C@]3(C)C(=CC[C@@H]4[C@@]5(C)CCC([C@@H]6OC[C@@H](OC(=O)c7ccccc7)[C@H](OC(=O)c7ccccc7)[C@H]6OC(=O)c6ccccc6)C(C)(C)[C@@H]5CC[C@]43C)[C@@H]2C1. The zero-order valence-electron chi connectivity index (χ0n) is 43.4. The predicted molar refractivity (Wildman–Crippen MR) is 275 cm³/mol. The molecule has 6 aliphatic rings. The molecule has 9 heteroatoms. The summed E-state index contributed by atoms with van der Waals surface area (Å²) in [4.78, 5) is 56.8. The highest BCUT2D eigenvalue weighted by molar-refractivity contribution is 5.91. The van der Waals surface area contributed by atoms with Crippen LogP contribution in [0.1, 0.15) is 149 Å². The maximum atomic E-state index is 14.6. The molecule has 4 aromatic rings. The molecular weight excluding hydrogens is 901 g/mol. The van der Waals surface area contributed by atoms with Crippen LogP contribution in [0.25, 0.3) is 0 Å². The summed E-state index contributed by atoms with van der Waals surface area (Å²) < 4.78 is 32.4. The topological polar surface area (TPSA) is 114 Å². The van der Waals surface area contributed by atoms with Crippen LogP contribution in [0.3, 0.4) is 0 Å². The molecule has 1 aliphatic heterocycles. The quantitative estimate of drug-likeness (QED) is 0.0870. The molecule has 4 aromatic carbocycles. The van der Waals surface area contributed by atoms with Crippen molar-refractivity contribution >= 4 is 23.9 Å². The minimum Gasteiger partial charge on any atom is -0.460 e. The van der Waals surface area contributed by atoms with E-state index in [1.54, 1.807) is 72.8 Å². The summed E-state index contributed by atoms with van der Waals surface area (Å²) in [5.74, 6) is -1.08. The number of ether oxygens (including phenoxy) is 5. The Kier molecular flexibility index (Phi) is 13.2. The highest BCUT2D eigenvalue weighted by Crippen LogP contribution is 2.76. The first kappa shape index (κ1) is 50.0. The third-order valence-corrected chi connectivity index (χ3v) is 20.0. The van der Waals surface area contributed by atoms with Crippen molar-refractivity contribution in [2.75, 3.05) is 6.61 Å². The molecule has 1 heterocycles. The fourth-order valence-corrected chi connectivity index (χ4v) is 15.9. The summed E-state index contributed by atoms with van der Waals surface area (Å²) in [5.41, 5.74) is 2.70. The zero-order valence-corrected chi connectivity index (χ0v) is 43.4. The van der Waals surface area contributed by atoms with E-state index in [2.05, 4.69) is 54.5 Å². The first-order chi connectivity index (χ1) is 34.4. The Balaban J connectivity index is 0.964. The third-order valence-electron chi connectivity index (χ3n) is 20.0. The maximum Gasteiger partial charge on any atom is 0.338 e. The van der Waals surface area contributed by atoms with Crippen molar-refractivity contribution in [3.8, 4) is 0 Å². The number of benzene rings is 4. The van der Waals surface area contributed by atoms with Crippen LogP contribution in [-0.4, -0.2) is 54.9 Å². The number of carbonyl (C=O) groups is 4. The van der Waals surface area contributed by atoms with Crippen LogP contribution >= 0.6 is 0 Å². The largest absolute Gasteiger partial charge is 0.460 e. The monoisotopic (exact) mass is 975 g/mol. The van der Waals surface area contributed by atoms with Crippen LogP contribution < -0.4 is 0 Å². The second kappa shape index (κ2) is 19.1. The van der Waals surface area contributed by atoms with Gasteiger partial charge in [-0.3, -0.25) is 4.79 Å². The lowest BCUT2D eigenvalue weighted by atomic mass is 9.33. The van der Waals surface area contributed by atoms with Crippen molar-refractivity contribution in [3.05, 3.63) is 155 Å². The third kappa shape index (κ3) is 8.63.